The van der Waals surface area contributed by atoms with Crippen LogP contribution >= 0.6 is 23.7 Å². The van der Waals surface area contributed by atoms with Crippen LogP contribution in [0.5, 0.6) is 0 Å². The number of nitrogens with two attached hydrogens (primary N) is 1. The lowest BCUT2D eigenvalue weighted by Gasteiger charge is -2.34. The molecule has 1 saturated heterocycles. The van der Waals surface area contributed by atoms with Crippen molar-refractivity contribution in [2.75, 3.05) is 31.9 Å². The first-order valence-corrected chi connectivity index (χ1v) is 7.81. The van der Waals surface area contributed by atoms with Crippen molar-refractivity contribution >= 4 is 34.8 Å². The predicted molar refractivity (Wildman–Crippen MR) is 91.4 cm³/mol. The number of aromatic nitrogens is 1. The minimum absolute atomic E-state index is 0. The predicted octanol–water partition coefficient (Wildman–Crippen LogP) is 2.11. The number of nitrogen functional groups attached to an aromatic ring is 1. The first-order chi connectivity index (χ1) is 10.2. The van der Waals surface area contributed by atoms with Crippen LogP contribution in [0.1, 0.15) is 15.2 Å². The second-order valence-corrected chi connectivity index (χ2v) is 6.25. The van der Waals surface area contributed by atoms with Gasteiger partial charge in [-0.2, -0.15) is 0 Å². The molecule has 2 aromatic rings. The summed E-state index contributed by atoms with van der Waals surface area (Å²) in [4.78, 5) is 21.9. The second-order valence-electron chi connectivity index (χ2n) is 5.10. The van der Waals surface area contributed by atoms with Crippen molar-refractivity contribution in [1.29, 1.82) is 0 Å². The molecule has 3 rings (SSSR count). The Balaban J connectivity index is 0.00000176. The number of amides is 1. The molecular weight excluding hydrogens is 320 g/mol. The van der Waals surface area contributed by atoms with Crippen molar-refractivity contribution in [2.45, 2.75) is 6.54 Å². The number of thiazole rings is 1. The Hall–Kier alpha value is -1.63. The van der Waals surface area contributed by atoms with Gasteiger partial charge in [-0.1, -0.05) is 18.2 Å². The lowest BCUT2D eigenvalue weighted by Crippen LogP contribution is -2.48. The Morgan fingerprint density at radius 3 is 2.45 bits per heavy atom. The van der Waals surface area contributed by atoms with Gasteiger partial charge in [-0.05, 0) is 12.1 Å². The number of piperazine rings is 1. The third kappa shape index (κ3) is 3.97. The SMILES string of the molecule is Cl.Nc1ncc(CN2CCN(C(=O)c3ccccc3)CC2)s1. The van der Waals surface area contributed by atoms with Gasteiger partial charge in [-0.3, -0.25) is 9.69 Å². The van der Waals surface area contributed by atoms with Gasteiger partial charge in [0.2, 0.25) is 0 Å². The van der Waals surface area contributed by atoms with E-state index in [4.69, 9.17) is 5.73 Å². The topological polar surface area (TPSA) is 62.5 Å². The number of anilines is 1. The van der Waals surface area contributed by atoms with Gasteiger partial charge in [0.05, 0.1) is 0 Å². The first kappa shape index (κ1) is 16.7. The molecule has 0 bridgehead atoms. The normalized spacial score (nSPS) is 15.4. The van der Waals surface area contributed by atoms with E-state index in [9.17, 15) is 4.79 Å². The minimum atomic E-state index is 0. The number of hydrogen-bond donors (Lipinski definition) is 1. The Morgan fingerprint density at radius 2 is 1.86 bits per heavy atom. The Labute approximate surface area is 140 Å². The monoisotopic (exact) mass is 338 g/mol. The van der Waals surface area contributed by atoms with Crippen LogP contribution in [0.2, 0.25) is 0 Å². The highest BCUT2D eigenvalue weighted by atomic mass is 35.5. The second kappa shape index (κ2) is 7.58. The average Bonchev–Trinajstić information content (AvgIpc) is 2.93. The van der Waals surface area contributed by atoms with E-state index in [1.807, 2.05) is 41.4 Å². The molecule has 22 heavy (non-hydrogen) atoms. The highest BCUT2D eigenvalue weighted by molar-refractivity contribution is 7.15. The summed E-state index contributed by atoms with van der Waals surface area (Å²) in [5.41, 5.74) is 6.41. The molecule has 0 unspecified atom stereocenters. The van der Waals surface area contributed by atoms with E-state index >= 15 is 0 Å². The van der Waals surface area contributed by atoms with Gasteiger partial charge in [0.15, 0.2) is 5.13 Å². The Kier molecular flexibility index (Phi) is 5.76. The number of carbonyl (C=O) groups is 1. The maximum Gasteiger partial charge on any atom is 0.253 e. The summed E-state index contributed by atoms with van der Waals surface area (Å²) in [6.45, 7) is 4.17. The molecule has 2 heterocycles. The molecule has 2 N–H and O–H groups in total. The molecule has 118 valence electrons. The minimum Gasteiger partial charge on any atom is -0.375 e. The lowest BCUT2D eigenvalue weighted by molar-refractivity contribution is 0.0629. The van der Waals surface area contributed by atoms with Gasteiger partial charge in [0, 0.05) is 49.4 Å². The number of halogens is 1. The number of benzene rings is 1. The summed E-state index contributed by atoms with van der Waals surface area (Å²) in [6.07, 6.45) is 1.83. The molecule has 1 fully saturated rings. The standard InChI is InChI=1S/C15H18N4OS.ClH/c16-15-17-10-13(21-15)11-18-6-8-19(9-7-18)14(20)12-4-2-1-3-5-12;/h1-5,10H,6-9,11H2,(H2,16,17);1H. The van der Waals surface area contributed by atoms with Crippen LogP contribution in [-0.2, 0) is 6.54 Å². The molecule has 1 amide bonds. The molecule has 5 nitrogen and oxygen atoms in total. The molecular formula is C15H19ClN4OS. The fourth-order valence-electron chi connectivity index (χ4n) is 2.49. The number of rotatable bonds is 3. The summed E-state index contributed by atoms with van der Waals surface area (Å²) < 4.78 is 0. The fourth-order valence-corrected chi connectivity index (χ4v) is 3.22. The van der Waals surface area contributed by atoms with Crippen LogP contribution in [-0.4, -0.2) is 46.9 Å². The average molecular weight is 339 g/mol. The quantitative estimate of drug-likeness (QED) is 0.931. The van der Waals surface area contributed by atoms with E-state index in [-0.39, 0.29) is 18.3 Å². The van der Waals surface area contributed by atoms with Gasteiger partial charge in [0.25, 0.3) is 5.91 Å². The fraction of sp³-hybridized carbons (Fsp3) is 0.333. The maximum absolute atomic E-state index is 12.4. The zero-order chi connectivity index (χ0) is 14.7. The summed E-state index contributed by atoms with van der Waals surface area (Å²) in [6, 6.07) is 9.47. The largest absolute Gasteiger partial charge is 0.375 e. The zero-order valence-corrected chi connectivity index (χ0v) is 13.8. The summed E-state index contributed by atoms with van der Waals surface area (Å²) in [7, 11) is 0. The number of hydrogen-bond acceptors (Lipinski definition) is 5. The summed E-state index contributed by atoms with van der Waals surface area (Å²) in [5, 5.41) is 0.614. The van der Waals surface area contributed by atoms with Crippen LogP contribution < -0.4 is 5.73 Å². The summed E-state index contributed by atoms with van der Waals surface area (Å²) in [5.74, 6) is 0.122. The molecule has 0 atom stereocenters. The van der Waals surface area contributed by atoms with Crippen LogP contribution in [0.3, 0.4) is 0 Å². The van der Waals surface area contributed by atoms with Crippen molar-refractivity contribution in [2.24, 2.45) is 0 Å². The zero-order valence-electron chi connectivity index (χ0n) is 12.1. The van der Waals surface area contributed by atoms with Crippen molar-refractivity contribution in [3.63, 3.8) is 0 Å². The highest BCUT2D eigenvalue weighted by Gasteiger charge is 2.22. The van der Waals surface area contributed by atoms with Gasteiger partial charge in [-0.15, -0.1) is 23.7 Å². The molecule has 7 heteroatoms. The van der Waals surface area contributed by atoms with E-state index < -0.39 is 0 Å². The molecule has 0 aliphatic carbocycles. The van der Waals surface area contributed by atoms with E-state index in [1.54, 1.807) is 0 Å². The van der Waals surface area contributed by atoms with Crippen LogP contribution in [0.25, 0.3) is 0 Å². The van der Waals surface area contributed by atoms with E-state index in [0.29, 0.717) is 5.13 Å². The maximum atomic E-state index is 12.4. The summed E-state index contributed by atoms with van der Waals surface area (Å²) >= 11 is 1.53. The van der Waals surface area contributed by atoms with Crippen molar-refractivity contribution < 1.29 is 4.79 Å². The smallest absolute Gasteiger partial charge is 0.253 e. The molecule has 0 spiro atoms. The number of carbonyl (C=O) groups excluding carboxylic acids is 1. The van der Waals surface area contributed by atoms with E-state index in [0.717, 1.165) is 38.3 Å². The molecule has 1 aliphatic heterocycles. The van der Waals surface area contributed by atoms with Gasteiger partial charge in [-0.25, -0.2) is 4.98 Å². The van der Waals surface area contributed by atoms with Gasteiger partial charge < -0.3 is 10.6 Å². The van der Waals surface area contributed by atoms with Crippen LogP contribution in [0.4, 0.5) is 5.13 Å². The first-order valence-electron chi connectivity index (χ1n) is 6.99. The van der Waals surface area contributed by atoms with Gasteiger partial charge in [0.1, 0.15) is 0 Å². The van der Waals surface area contributed by atoms with Crippen LogP contribution in [0, 0.1) is 0 Å². The third-order valence-electron chi connectivity index (χ3n) is 3.63. The molecule has 0 radical (unpaired) electrons. The van der Waals surface area contributed by atoms with Crippen molar-refractivity contribution in [3.8, 4) is 0 Å². The molecule has 1 aromatic heterocycles. The van der Waals surface area contributed by atoms with Crippen molar-refractivity contribution in [1.82, 2.24) is 14.8 Å². The van der Waals surface area contributed by atoms with E-state index in [2.05, 4.69) is 9.88 Å². The van der Waals surface area contributed by atoms with Crippen molar-refractivity contribution in [3.05, 3.63) is 47.0 Å². The lowest BCUT2D eigenvalue weighted by atomic mass is 10.2. The highest BCUT2D eigenvalue weighted by Crippen LogP contribution is 2.18. The Morgan fingerprint density at radius 1 is 1.18 bits per heavy atom. The Bertz CT molecular complexity index is 611. The number of nitrogens with zero attached hydrogens (tertiary/aromatic N) is 3. The molecule has 0 saturated carbocycles. The van der Waals surface area contributed by atoms with Gasteiger partial charge >= 0.3 is 0 Å². The van der Waals surface area contributed by atoms with E-state index in [1.165, 1.54) is 16.2 Å². The molecule has 1 aromatic carbocycles. The third-order valence-corrected chi connectivity index (χ3v) is 4.44. The van der Waals surface area contributed by atoms with Crippen LogP contribution in [0.15, 0.2) is 36.5 Å². The molecule has 1 aliphatic rings.